The Labute approximate surface area is 126 Å². The first kappa shape index (κ1) is 15.8. The van der Waals surface area contributed by atoms with Gasteiger partial charge in [0.15, 0.2) is 0 Å². The van der Waals surface area contributed by atoms with Crippen molar-refractivity contribution in [2.75, 3.05) is 13.7 Å². The van der Waals surface area contributed by atoms with Crippen LogP contribution in [0.1, 0.15) is 44.7 Å². The van der Waals surface area contributed by atoms with Crippen LogP contribution in [0, 0.1) is 11.8 Å². The molecule has 0 aliphatic heterocycles. The zero-order valence-electron chi connectivity index (χ0n) is 12.7. The molecule has 0 saturated heterocycles. The van der Waals surface area contributed by atoms with E-state index in [1.807, 2.05) is 4.68 Å². The molecule has 1 saturated carbocycles. The molecular weight excluding hydrogens is 274 g/mol. The van der Waals surface area contributed by atoms with E-state index < -0.39 is 0 Å². The van der Waals surface area contributed by atoms with E-state index in [4.69, 9.17) is 22.1 Å². The van der Waals surface area contributed by atoms with E-state index in [1.165, 1.54) is 6.42 Å². The lowest BCUT2D eigenvalue weighted by Crippen LogP contribution is -2.37. The minimum absolute atomic E-state index is 0.181. The van der Waals surface area contributed by atoms with Crippen LogP contribution in [0.15, 0.2) is 6.20 Å². The molecule has 1 heterocycles. The first-order valence-corrected chi connectivity index (χ1v) is 7.88. The summed E-state index contributed by atoms with van der Waals surface area (Å²) in [6.07, 6.45) is 5.13. The summed E-state index contributed by atoms with van der Waals surface area (Å²) >= 11 is 6.37. The smallest absolute Gasteiger partial charge is 0.0821 e. The summed E-state index contributed by atoms with van der Waals surface area (Å²) in [6.45, 7) is 5.96. The van der Waals surface area contributed by atoms with E-state index in [2.05, 4.69) is 18.9 Å². The first-order valence-electron chi connectivity index (χ1n) is 7.50. The minimum atomic E-state index is 0.181. The van der Waals surface area contributed by atoms with Crippen LogP contribution in [0.4, 0.5) is 0 Å². The number of nitrogens with two attached hydrogens (primary N) is 1. The lowest BCUT2D eigenvalue weighted by Gasteiger charge is -2.36. The highest BCUT2D eigenvalue weighted by Crippen LogP contribution is 2.40. The molecule has 1 aromatic heterocycles. The third-order valence-electron chi connectivity index (χ3n) is 4.58. The van der Waals surface area contributed by atoms with Gasteiger partial charge in [-0.3, -0.25) is 4.68 Å². The van der Waals surface area contributed by atoms with Crippen LogP contribution in [0.2, 0.25) is 5.02 Å². The van der Waals surface area contributed by atoms with Gasteiger partial charge in [0.1, 0.15) is 0 Å². The Balaban J connectivity index is 2.21. The van der Waals surface area contributed by atoms with Crippen molar-refractivity contribution >= 4 is 11.6 Å². The minimum Gasteiger partial charge on any atom is -0.383 e. The molecule has 0 aromatic carbocycles. The highest BCUT2D eigenvalue weighted by atomic mass is 35.5. The highest BCUT2D eigenvalue weighted by Gasteiger charge is 2.34. The zero-order valence-corrected chi connectivity index (χ0v) is 13.4. The van der Waals surface area contributed by atoms with Gasteiger partial charge in [-0.2, -0.15) is 5.10 Å². The summed E-state index contributed by atoms with van der Waals surface area (Å²) < 4.78 is 7.12. The second-order valence-corrected chi connectivity index (χ2v) is 6.59. The number of ether oxygens (including phenoxy) is 1. The Morgan fingerprint density at radius 3 is 2.90 bits per heavy atom. The van der Waals surface area contributed by atoms with Crippen molar-refractivity contribution in [3.05, 3.63) is 16.9 Å². The lowest BCUT2D eigenvalue weighted by atomic mass is 9.73. The molecule has 3 atom stereocenters. The Morgan fingerprint density at radius 2 is 2.25 bits per heavy atom. The molecule has 0 amide bonds. The van der Waals surface area contributed by atoms with Crippen molar-refractivity contribution in [3.63, 3.8) is 0 Å². The Hall–Kier alpha value is -0.580. The molecule has 2 N–H and O–H groups in total. The number of hydrogen-bond donors (Lipinski definition) is 1. The number of methoxy groups -OCH3 is 1. The molecule has 20 heavy (non-hydrogen) atoms. The molecule has 1 aliphatic carbocycles. The Kier molecular flexibility index (Phi) is 5.47. The molecule has 1 aromatic rings. The van der Waals surface area contributed by atoms with Crippen LogP contribution in [0.3, 0.4) is 0 Å². The number of rotatable bonds is 5. The number of nitrogens with zero attached hydrogens (tertiary/aromatic N) is 2. The fourth-order valence-corrected chi connectivity index (χ4v) is 3.52. The predicted molar refractivity (Wildman–Crippen MR) is 82.0 cm³/mol. The summed E-state index contributed by atoms with van der Waals surface area (Å²) in [5.41, 5.74) is 7.47. The van der Waals surface area contributed by atoms with Gasteiger partial charge in [-0.25, -0.2) is 0 Å². The summed E-state index contributed by atoms with van der Waals surface area (Å²) in [4.78, 5) is 0. The van der Waals surface area contributed by atoms with Gasteiger partial charge in [0.25, 0.3) is 0 Å². The zero-order chi connectivity index (χ0) is 14.7. The van der Waals surface area contributed by atoms with Crippen LogP contribution in [-0.4, -0.2) is 29.5 Å². The quantitative estimate of drug-likeness (QED) is 0.909. The SMILES string of the molecule is COCCn1ncc(Cl)c1C1CC(C(C)C)CCC1N. The number of aromatic nitrogens is 2. The monoisotopic (exact) mass is 299 g/mol. The van der Waals surface area contributed by atoms with Crippen molar-refractivity contribution in [1.29, 1.82) is 0 Å². The normalized spacial score (nSPS) is 27.2. The van der Waals surface area contributed by atoms with Gasteiger partial charge >= 0.3 is 0 Å². The van der Waals surface area contributed by atoms with Gasteiger partial charge in [0, 0.05) is 19.1 Å². The maximum atomic E-state index is 6.37. The topological polar surface area (TPSA) is 53.1 Å². The molecule has 2 rings (SSSR count). The maximum absolute atomic E-state index is 6.37. The third-order valence-corrected chi connectivity index (χ3v) is 4.87. The molecule has 1 aliphatic rings. The van der Waals surface area contributed by atoms with E-state index >= 15 is 0 Å². The lowest BCUT2D eigenvalue weighted by molar-refractivity contribution is 0.178. The predicted octanol–water partition coefficient (Wildman–Crippen LogP) is 3.05. The van der Waals surface area contributed by atoms with E-state index in [9.17, 15) is 0 Å². The first-order chi connectivity index (χ1) is 9.54. The van der Waals surface area contributed by atoms with E-state index in [1.54, 1.807) is 13.3 Å². The molecular formula is C15H26ClN3O. The van der Waals surface area contributed by atoms with Gasteiger partial charge in [0.2, 0.25) is 0 Å². The summed E-state index contributed by atoms with van der Waals surface area (Å²) in [7, 11) is 1.70. The summed E-state index contributed by atoms with van der Waals surface area (Å²) in [5.74, 6) is 1.73. The van der Waals surface area contributed by atoms with E-state index in [0.29, 0.717) is 18.4 Å². The van der Waals surface area contributed by atoms with Gasteiger partial charge in [-0.15, -0.1) is 0 Å². The Bertz CT molecular complexity index is 433. The molecule has 4 nitrogen and oxygen atoms in total. The molecule has 0 radical (unpaired) electrons. The molecule has 0 spiro atoms. The second kappa shape index (κ2) is 6.92. The molecule has 114 valence electrons. The second-order valence-electron chi connectivity index (χ2n) is 6.18. The van der Waals surface area contributed by atoms with Crippen molar-refractivity contribution < 1.29 is 4.74 Å². The van der Waals surface area contributed by atoms with E-state index in [0.717, 1.165) is 36.0 Å². The average molecular weight is 300 g/mol. The van der Waals surface area contributed by atoms with Crippen molar-refractivity contribution in [1.82, 2.24) is 9.78 Å². The van der Waals surface area contributed by atoms with Crippen LogP contribution in [-0.2, 0) is 11.3 Å². The fourth-order valence-electron chi connectivity index (χ4n) is 3.24. The summed E-state index contributed by atoms with van der Waals surface area (Å²) in [5, 5.41) is 5.12. The van der Waals surface area contributed by atoms with Crippen molar-refractivity contribution in [2.45, 2.75) is 51.6 Å². The van der Waals surface area contributed by atoms with Gasteiger partial charge in [-0.1, -0.05) is 25.4 Å². The van der Waals surface area contributed by atoms with Gasteiger partial charge in [-0.05, 0) is 31.1 Å². The summed E-state index contributed by atoms with van der Waals surface area (Å²) in [6, 6.07) is 0.181. The molecule has 5 heteroatoms. The van der Waals surface area contributed by atoms with E-state index in [-0.39, 0.29) is 6.04 Å². The van der Waals surface area contributed by atoms with Crippen LogP contribution in [0.25, 0.3) is 0 Å². The van der Waals surface area contributed by atoms with Gasteiger partial charge < -0.3 is 10.5 Å². The largest absolute Gasteiger partial charge is 0.383 e. The number of hydrogen-bond acceptors (Lipinski definition) is 3. The standard InChI is InChI=1S/C15H26ClN3O/c1-10(2)11-4-5-14(17)12(8-11)15-13(16)9-18-19(15)6-7-20-3/h9-12,14H,4-8,17H2,1-3H3. The maximum Gasteiger partial charge on any atom is 0.0821 e. The van der Waals surface area contributed by atoms with Crippen molar-refractivity contribution in [3.8, 4) is 0 Å². The van der Waals surface area contributed by atoms with Crippen molar-refractivity contribution in [2.24, 2.45) is 17.6 Å². The van der Waals surface area contributed by atoms with Crippen LogP contribution >= 0.6 is 11.6 Å². The Morgan fingerprint density at radius 1 is 1.50 bits per heavy atom. The average Bonchev–Trinajstić information content (AvgIpc) is 2.78. The van der Waals surface area contributed by atoms with Crippen LogP contribution < -0.4 is 5.73 Å². The third kappa shape index (κ3) is 3.35. The number of halogens is 1. The highest BCUT2D eigenvalue weighted by molar-refractivity contribution is 6.31. The molecule has 1 fully saturated rings. The molecule has 3 unspecified atom stereocenters. The fraction of sp³-hybridized carbons (Fsp3) is 0.800. The van der Waals surface area contributed by atoms with Gasteiger partial charge in [0.05, 0.1) is 30.1 Å². The molecule has 0 bridgehead atoms. The van der Waals surface area contributed by atoms with Crippen LogP contribution in [0.5, 0.6) is 0 Å².